The van der Waals surface area contributed by atoms with Crippen molar-refractivity contribution in [2.75, 3.05) is 59.5 Å². The number of ether oxygens (including phenoxy) is 7. The lowest BCUT2D eigenvalue weighted by Gasteiger charge is -2.40. The van der Waals surface area contributed by atoms with Crippen molar-refractivity contribution in [3.63, 3.8) is 0 Å². The molecule has 0 saturated heterocycles. The molecule has 0 rings (SSSR count). The Hall–Kier alpha value is -5.50. The lowest BCUT2D eigenvalue weighted by Crippen LogP contribution is -2.63. The Kier molecular flexibility index (Phi) is 19.9. The Morgan fingerprint density at radius 2 is 0.672 bits per heavy atom. The molecule has 12 nitrogen and oxygen atoms in total. The average Bonchev–Trinajstić information content (AvgIpc) is 3.17. The summed E-state index contributed by atoms with van der Waals surface area (Å²) in [5, 5.41) is 0. The maximum Gasteiger partial charge on any atom is 0.449 e. The van der Waals surface area contributed by atoms with Crippen LogP contribution in [0.1, 0.15) is 0 Å². The van der Waals surface area contributed by atoms with Crippen molar-refractivity contribution in [3.8, 4) is 0 Å². The number of hydrogen-bond acceptors (Lipinski definition) is 12. The molecule has 27 heteroatoms. The lowest BCUT2D eigenvalue weighted by molar-refractivity contribution is -0.340. The fourth-order valence-corrected chi connectivity index (χ4v) is 4.26. The van der Waals surface area contributed by atoms with Crippen LogP contribution in [-0.4, -0.2) is 125 Å². The van der Waals surface area contributed by atoms with Crippen molar-refractivity contribution >= 4 is 29.8 Å². The van der Waals surface area contributed by atoms with E-state index in [4.69, 9.17) is 18.9 Å². The number of carbonyl (C=O) groups excluding carboxylic acids is 5. The fourth-order valence-electron chi connectivity index (χ4n) is 4.26. The summed E-state index contributed by atoms with van der Waals surface area (Å²) in [6.07, 6.45) is -28.4. The summed E-state index contributed by atoms with van der Waals surface area (Å²) < 4.78 is 246. The molecule has 0 aromatic rings. The Morgan fingerprint density at radius 1 is 0.410 bits per heavy atom. The number of halogens is 15. The summed E-state index contributed by atoms with van der Waals surface area (Å²) in [6.45, 7) is -0.759. The highest BCUT2D eigenvalue weighted by Crippen LogP contribution is 2.59. The quantitative estimate of drug-likeness (QED) is 0.0322. The van der Waals surface area contributed by atoms with Crippen molar-refractivity contribution in [1.82, 2.24) is 0 Å². The molecule has 0 heterocycles. The second-order valence-corrected chi connectivity index (χ2v) is 12.1. The second kappa shape index (κ2) is 21.8. The number of alkyl halides is 15. The summed E-state index contributed by atoms with van der Waals surface area (Å²) in [6, 6.07) is 0. The maximum atomic E-state index is 15.4. The van der Waals surface area contributed by atoms with E-state index in [2.05, 4.69) is 47.1 Å². The van der Waals surface area contributed by atoms with E-state index in [0.29, 0.717) is 30.4 Å². The molecule has 0 bridgehead atoms. The van der Waals surface area contributed by atoms with E-state index in [9.17, 15) is 81.0 Å². The van der Waals surface area contributed by atoms with Crippen molar-refractivity contribution in [1.29, 1.82) is 0 Å². The molecule has 1 atom stereocenters. The maximum absolute atomic E-state index is 15.4. The fraction of sp³-hybridized carbons (Fsp3) is 0.500. The van der Waals surface area contributed by atoms with Crippen LogP contribution in [0.15, 0.2) is 74.6 Å². The summed E-state index contributed by atoms with van der Waals surface area (Å²) in [5.41, 5.74) is -25.5. The van der Waals surface area contributed by atoms with Gasteiger partial charge in [0.2, 0.25) is 5.76 Å². The summed E-state index contributed by atoms with van der Waals surface area (Å²) in [5.74, 6) is -11.3. The van der Waals surface area contributed by atoms with E-state index < -0.39 is 148 Å². The highest BCUT2D eigenvalue weighted by Gasteiger charge is 2.82. The Morgan fingerprint density at radius 3 is 0.869 bits per heavy atom. The van der Waals surface area contributed by atoms with Crippen LogP contribution in [0, 0.1) is 10.8 Å². The van der Waals surface area contributed by atoms with Crippen LogP contribution in [0.3, 0.4) is 0 Å². The molecule has 0 aromatic heterocycles. The molecule has 0 aliphatic carbocycles. The molecule has 0 N–H and O–H groups in total. The van der Waals surface area contributed by atoms with E-state index in [1.165, 1.54) is 0 Å². The van der Waals surface area contributed by atoms with E-state index in [1.807, 2.05) is 0 Å². The van der Waals surface area contributed by atoms with Gasteiger partial charge in [-0.25, -0.2) is 37.1 Å². The van der Waals surface area contributed by atoms with Gasteiger partial charge in [-0.05, 0) is 0 Å². The zero-order valence-electron chi connectivity index (χ0n) is 30.9. The van der Waals surface area contributed by atoms with Crippen molar-refractivity contribution < 1.29 is 123 Å². The van der Waals surface area contributed by atoms with Crippen molar-refractivity contribution in [3.05, 3.63) is 74.6 Å². The second-order valence-electron chi connectivity index (χ2n) is 12.1. The van der Waals surface area contributed by atoms with E-state index >= 15 is 8.78 Å². The monoisotopic (exact) mass is 918 g/mol. The minimum Gasteiger partial charge on any atom is -0.488 e. The van der Waals surface area contributed by atoms with Gasteiger partial charge in [0.25, 0.3) is 5.67 Å². The topological polar surface area (TPSA) is 150 Å². The first kappa shape index (κ1) is 55.5. The smallest absolute Gasteiger partial charge is 0.449 e. The van der Waals surface area contributed by atoms with Crippen LogP contribution in [0.25, 0.3) is 0 Å². The molecule has 0 saturated carbocycles. The molecule has 1 unspecified atom stereocenters. The SMILES string of the molecule is C=CC(=O)OCC(COCC(COC(=O)C=C)(COC(=O)C=C)CO/C(=C(/C(F)(CF)C(F)(F)F)C(F)(C(F)(F)F)C(F)(F)F)C(F)(F)F)(COC(=O)C=C)COC(=O)C=C. The van der Waals surface area contributed by atoms with Gasteiger partial charge in [0.1, 0.15) is 46.3 Å². The van der Waals surface area contributed by atoms with Crippen LogP contribution < -0.4 is 0 Å². The largest absolute Gasteiger partial charge is 0.488 e. The number of carbonyl (C=O) groups is 5. The molecular weight excluding hydrogens is 885 g/mol. The molecule has 346 valence electrons. The van der Waals surface area contributed by atoms with Gasteiger partial charge in [-0.1, -0.05) is 32.9 Å². The van der Waals surface area contributed by atoms with Gasteiger partial charge in [0.05, 0.1) is 29.6 Å². The van der Waals surface area contributed by atoms with E-state index in [-0.39, 0.29) is 0 Å². The summed E-state index contributed by atoms with van der Waals surface area (Å²) in [7, 11) is 0. The first-order valence-electron chi connectivity index (χ1n) is 15.9. The molecule has 0 fully saturated rings. The van der Waals surface area contributed by atoms with Gasteiger partial charge < -0.3 is 33.2 Å². The van der Waals surface area contributed by atoms with E-state index in [1.54, 1.807) is 0 Å². The number of esters is 5. The average molecular weight is 919 g/mol. The van der Waals surface area contributed by atoms with Gasteiger partial charge in [0.15, 0.2) is 0 Å². The highest BCUT2D eigenvalue weighted by molar-refractivity contribution is 5.82. The lowest BCUT2D eigenvalue weighted by atomic mass is 9.80. The van der Waals surface area contributed by atoms with E-state index in [0.717, 1.165) is 0 Å². The number of hydrogen-bond donors (Lipinski definition) is 0. The zero-order valence-corrected chi connectivity index (χ0v) is 30.9. The first-order valence-corrected chi connectivity index (χ1v) is 15.9. The van der Waals surface area contributed by atoms with Crippen LogP contribution >= 0.6 is 0 Å². The first-order chi connectivity index (χ1) is 27.8. The minimum atomic E-state index is -8.04. The number of rotatable bonds is 25. The summed E-state index contributed by atoms with van der Waals surface area (Å²) >= 11 is 0. The van der Waals surface area contributed by atoms with Gasteiger partial charge in [-0.2, -0.15) is 52.7 Å². The molecule has 0 spiro atoms. The minimum absolute atomic E-state index is 0.314. The third kappa shape index (κ3) is 14.9. The van der Waals surface area contributed by atoms with Crippen molar-refractivity contribution in [2.45, 2.75) is 36.0 Å². The van der Waals surface area contributed by atoms with Gasteiger partial charge in [-0.3, -0.25) is 0 Å². The molecule has 61 heavy (non-hydrogen) atoms. The standard InChI is InChI=1S/C34H33F15O12/c1-6-20(50)56-14-27(15-57-21(51)7-2,16-58-22(52)8-3)12-55-13-28(17-59-23(53)9-4,18-60-24(54)10-5)19-61-26(31(38,39)40)25(29(36,11-35)32(41,42)43)30(37,33(44,45)46)34(47,48)49/h6-10H,1-5,11-19H2/b26-25-. The molecule has 0 aliphatic heterocycles. The predicted molar refractivity (Wildman–Crippen MR) is 172 cm³/mol. The van der Waals surface area contributed by atoms with Crippen LogP contribution in [0.4, 0.5) is 65.9 Å². The molecule has 0 amide bonds. The van der Waals surface area contributed by atoms with Crippen LogP contribution in [0.2, 0.25) is 0 Å². The normalized spacial score (nSPS) is 14.2. The summed E-state index contributed by atoms with van der Waals surface area (Å²) in [4.78, 5) is 59.9. The third-order valence-electron chi connectivity index (χ3n) is 7.42. The Bertz CT molecular complexity index is 1560. The van der Waals surface area contributed by atoms with Crippen LogP contribution in [0.5, 0.6) is 0 Å². The third-order valence-corrected chi connectivity index (χ3v) is 7.42. The molecular formula is C34H33F15O12. The van der Waals surface area contributed by atoms with Gasteiger partial charge in [-0.15, -0.1) is 0 Å². The zero-order chi connectivity index (χ0) is 47.9. The molecule has 0 radical (unpaired) electrons. The Balaban J connectivity index is 8.25. The van der Waals surface area contributed by atoms with Gasteiger partial charge in [0, 0.05) is 30.4 Å². The highest BCUT2D eigenvalue weighted by atomic mass is 19.4. The Labute approximate surface area is 334 Å². The molecule has 0 aliphatic rings. The molecule has 0 aromatic carbocycles. The predicted octanol–water partition coefficient (Wildman–Crippen LogP) is 6.53. The van der Waals surface area contributed by atoms with Crippen LogP contribution in [-0.2, 0) is 57.1 Å². The van der Waals surface area contributed by atoms with Gasteiger partial charge >= 0.3 is 60.2 Å². The van der Waals surface area contributed by atoms with Crippen molar-refractivity contribution in [2.24, 2.45) is 10.8 Å². The number of allylic oxidation sites excluding steroid dienone is 2.